The molecule has 1 fully saturated rings. The molecule has 0 N–H and O–H groups in total. The monoisotopic (exact) mass is 316 g/mol. The highest BCUT2D eigenvalue weighted by atomic mass is 32.2. The van der Waals surface area contributed by atoms with E-state index < -0.39 is 0 Å². The van der Waals surface area contributed by atoms with E-state index in [1.54, 1.807) is 11.8 Å². The lowest BCUT2D eigenvalue weighted by Crippen LogP contribution is -2.31. The van der Waals surface area contributed by atoms with Crippen molar-refractivity contribution >= 4 is 17.7 Å². The normalized spacial score (nSPS) is 15.5. The molecule has 0 spiro atoms. The Morgan fingerprint density at radius 1 is 1.00 bits per heavy atom. The van der Waals surface area contributed by atoms with Crippen molar-refractivity contribution in [2.45, 2.75) is 50.4 Å². The van der Waals surface area contributed by atoms with Crippen LogP contribution in [0.5, 0.6) is 0 Å². The molecule has 22 heavy (non-hydrogen) atoms. The number of anilines is 1. The van der Waals surface area contributed by atoms with Crippen molar-refractivity contribution in [3.05, 3.63) is 29.8 Å². The van der Waals surface area contributed by atoms with E-state index in [1.165, 1.54) is 24.8 Å². The molecule has 118 valence electrons. The SMILES string of the molecule is Cc1ccc(-n2c(SC(C)C)nnc2N2CCCCC2)cc1. The standard InChI is InChI=1S/C17H24N4S/c1-13(2)22-17-19-18-16(20-11-5-4-6-12-20)21(17)15-9-7-14(3)8-10-15/h7-10,13H,4-6,11-12H2,1-3H3. The first-order valence-corrected chi connectivity index (χ1v) is 8.97. The second kappa shape index (κ2) is 6.73. The molecule has 5 heteroatoms. The van der Waals surface area contributed by atoms with E-state index >= 15 is 0 Å². The number of benzene rings is 1. The second-order valence-electron chi connectivity index (χ2n) is 6.17. The fourth-order valence-electron chi connectivity index (χ4n) is 2.77. The average Bonchev–Trinajstić information content (AvgIpc) is 2.92. The largest absolute Gasteiger partial charge is 0.341 e. The zero-order valence-corrected chi connectivity index (χ0v) is 14.4. The van der Waals surface area contributed by atoms with Crippen molar-refractivity contribution in [3.8, 4) is 5.69 Å². The zero-order valence-electron chi connectivity index (χ0n) is 13.6. The van der Waals surface area contributed by atoms with Crippen LogP contribution >= 0.6 is 11.8 Å². The Hall–Kier alpha value is -1.49. The summed E-state index contributed by atoms with van der Waals surface area (Å²) < 4.78 is 2.22. The first kappa shape index (κ1) is 15.4. The molecule has 0 radical (unpaired) electrons. The van der Waals surface area contributed by atoms with Crippen LogP contribution in [0.1, 0.15) is 38.7 Å². The molecule has 0 aliphatic carbocycles. The summed E-state index contributed by atoms with van der Waals surface area (Å²) in [6, 6.07) is 8.63. The van der Waals surface area contributed by atoms with Crippen LogP contribution in [-0.2, 0) is 0 Å². The molecule has 0 bridgehead atoms. The minimum atomic E-state index is 0.489. The van der Waals surface area contributed by atoms with Crippen LogP contribution in [0, 0.1) is 6.92 Å². The van der Waals surface area contributed by atoms with E-state index in [0.29, 0.717) is 5.25 Å². The highest BCUT2D eigenvalue weighted by molar-refractivity contribution is 7.99. The number of thioether (sulfide) groups is 1. The quantitative estimate of drug-likeness (QED) is 0.796. The van der Waals surface area contributed by atoms with Crippen molar-refractivity contribution in [2.24, 2.45) is 0 Å². The molecule has 1 aromatic heterocycles. The molecular weight excluding hydrogens is 292 g/mol. The maximum atomic E-state index is 4.51. The van der Waals surface area contributed by atoms with Crippen LogP contribution < -0.4 is 4.90 Å². The molecule has 4 nitrogen and oxygen atoms in total. The van der Waals surface area contributed by atoms with Gasteiger partial charge in [0.15, 0.2) is 5.16 Å². The lowest BCUT2D eigenvalue weighted by Gasteiger charge is -2.28. The highest BCUT2D eigenvalue weighted by Gasteiger charge is 2.21. The maximum absolute atomic E-state index is 4.51. The molecule has 1 saturated heterocycles. The summed E-state index contributed by atoms with van der Waals surface area (Å²) in [5.41, 5.74) is 2.42. The summed E-state index contributed by atoms with van der Waals surface area (Å²) in [6.07, 6.45) is 3.81. The molecule has 0 atom stereocenters. The Kier molecular flexibility index (Phi) is 4.71. The van der Waals surface area contributed by atoms with Gasteiger partial charge in [0, 0.05) is 18.3 Å². The predicted molar refractivity (Wildman–Crippen MR) is 93.2 cm³/mol. The topological polar surface area (TPSA) is 34.0 Å². The van der Waals surface area contributed by atoms with Crippen molar-refractivity contribution in [1.82, 2.24) is 14.8 Å². The van der Waals surface area contributed by atoms with E-state index in [1.807, 2.05) is 0 Å². The molecule has 1 aliphatic heterocycles. The Morgan fingerprint density at radius 3 is 2.32 bits per heavy atom. The number of piperidine rings is 1. The number of aromatic nitrogens is 3. The van der Waals surface area contributed by atoms with Gasteiger partial charge in [-0.2, -0.15) is 0 Å². The number of hydrogen-bond donors (Lipinski definition) is 0. The lowest BCUT2D eigenvalue weighted by atomic mass is 10.1. The van der Waals surface area contributed by atoms with Gasteiger partial charge < -0.3 is 4.90 Å². The van der Waals surface area contributed by atoms with E-state index in [0.717, 1.165) is 29.9 Å². The van der Waals surface area contributed by atoms with E-state index in [4.69, 9.17) is 0 Å². The fraction of sp³-hybridized carbons (Fsp3) is 0.529. The Labute approximate surface area is 136 Å². The number of hydrogen-bond acceptors (Lipinski definition) is 4. The van der Waals surface area contributed by atoms with Crippen molar-refractivity contribution in [1.29, 1.82) is 0 Å². The Morgan fingerprint density at radius 2 is 1.68 bits per heavy atom. The summed E-state index contributed by atoms with van der Waals surface area (Å²) >= 11 is 1.77. The van der Waals surface area contributed by atoms with Crippen LogP contribution in [0.25, 0.3) is 5.69 Å². The van der Waals surface area contributed by atoms with Gasteiger partial charge in [0.05, 0.1) is 5.69 Å². The molecule has 1 aliphatic rings. The van der Waals surface area contributed by atoms with Crippen molar-refractivity contribution < 1.29 is 0 Å². The van der Waals surface area contributed by atoms with Gasteiger partial charge >= 0.3 is 0 Å². The van der Waals surface area contributed by atoms with Crippen LogP contribution in [0.15, 0.2) is 29.4 Å². The van der Waals surface area contributed by atoms with Gasteiger partial charge in [0.1, 0.15) is 0 Å². The number of nitrogens with zero attached hydrogens (tertiary/aromatic N) is 4. The van der Waals surface area contributed by atoms with E-state index in [2.05, 4.69) is 64.7 Å². The summed E-state index contributed by atoms with van der Waals surface area (Å²) in [7, 11) is 0. The van der Waals surface area contributed by atoms with Crippen molar-refractivity contribution in [2.75, 3.05) is 18.0 Å². The van der Waals surface area contributed by atoms with Crippen molar-refractivity contribution in [3.63, 3.8) is 0 Å². The molecular formula is C17H24N4S. The smallest absolute Gasteiger partial charge is 0.232 e. The van der Waals surface area contributed by atoms with E-state index in [-0.39, 0.29) is 0 Å². The summed E-state index contributed by atoms with van der Waals surface area (Å²) in [6.45, 7) is 8.66. The predicted octanol–water partition coefficient (Wildman–Crippen LogP) is 4.07. The molecule has 2 heterocycles. The molecule has 2 aromatic rings. The van der Waals surface area contributed by atoms with Crippen LogP contribution in [0.4, 0.5) is 5.95 Å². The third-order valence-electron chi connectivity index (χ3n) is 3.89. The van der Waals surface area contributed by atoms with Gasteiger partial charge in [-0.1, -0.05) is 43.3 Å². The lowest BCUT2D eigenvalue weighted by molar-refractivity contribution is 0.564. The second-order valence-corrected chi connectivity index (χ2v) is 7.71. The molecule has 0 amide bonds. The van der Waals surface area contributed by atoms with Gasteiger partial charge in [-0.05, 0) is 38.3 Å². The summed E-state index contributed by atoms with van der Waals surface area (Å²) in [5, 5.41) is 10.4. The summed E-state index contributed by atoms with van der Waals surface area (Å²) in [4.78, 5) is 2.38. The third-order valence-corrected chi connectivity index (χ3v) is 4.83. The third kappa shape index (κ3) is 3.29. The minimum Gasteiger partial charge on any atom is -0.341 e. The van der Waals surface area contributed by atoms with E-state index in [9.17, 15) is 0 Å². The number of rotatable bonds is 4. The summed E-state index contributed by atoms with van der Waals surface area (Å²) in [5.74, 6) is 0.992. The Bertz CT molecular complexity index is 612. The fourth-order valence-corrected chi connectivity index (χ4v) is 3.57. The van der Waals surface area contributed by atoms with Gasteiger partial charge in [-0.25, -0.2) is 0 Å². The van der Waals surface area contributed by atoms with Gasteiger partial charge in [-0.15, -0.1) is 10.2 Å². The maximum Gasteiger partial charge on any atom is 0.232 e. The molecule has 1 aromatic carbocycles. The zero-order chi connectivity index (χ0) is 15.5. The van der Waals surface area contributed by atoms with Gasteiger partial charge in [-0.3, -0.25) is 4.57 Å². The first-order chi connectivity index (χ1) is 10.6. The highest BCUT2D eigenvalue weighted by Crippen LogP contribution is 2.30. The number of aryl methyl sites for hydroxylation is 1. The molecule has 0 saturated carbocycles. The van der Waals surface area contributed by atoms with Crippen LogP contribution in [0.2, 0.25) is 0 Å². The first-order valence-electron chi connectivity index (χ1n) is 8.09. The van der Waals surface area contributed by atoms with Crippen LogP contribution in [0.3, 0.4) is 0 Å². The average molecular weight is 316 g/mol. The van der Waals surface area contributed by atoms with Crippen LogP contribution in [-0.4, -0.2) is 33.1 Å². The minimum absolute atomic E-state index is 0.489. The molecule has 0 unspecified atom stereocenters. The van der Waals surface area contributed by atoms with Gasteiger partial charge in [0.25, 0.3) is 0 Å². The molecule has 3 rings (SSSR count). The Balaban J connectivity index is 2.02. The van der Waals surface area contributed by atoms with Gasteiger partial charge in [0.2, 0.25) is 5.95 Å².